The number of nitrogens with zero attached hydrogens (tertiary/aromatic N) is 4. The number of hydrogen-bond acceptors (Lipinski definition) is 4. The molecule has 6 rings (SSSR count). The predicted octanol–water partition coefficient (Wildman–Crippen LogP) is 6.00. The van der Waals surface area contributed by atoms with Crippen molar-refractivity contribution in [1.29, 1.82) is 0 Å². The van der Waals surface area contributed by atoms with E-state index in [0.717, 1.165) is 41.3 Å². The number of carbonyl (C=O) groups is 1. The fraction of sp³-hybridized carbons (Fsp3) is 0.167. The number of rotatable bonds is 6. The van der Waals surface area contributed by atoms with Crippen LogP contribution in [0.5, 0.6) is 5.75 Å². The average Bonchev–Trinajstić information content (AvgIpc) is 3.59. The Labute approximate surface area is 215 Å². The Bertz CT molecular complexity index is 1530. The summed E-state index contributed by atoms with van der Waals surface area (Å²) in [5.41, 5.74) is 5.34. The number of methoxy groups -OCH3 is 1. The molecule has 5 aromatic rings. The molecular weight excluding hydrogens is 462 g/mol. The third-order valence-electron chi connectivity index (χ3n) is 6.69. The van der Waals surface area contributed by atoms with Gasteiger partial charge in [-0.1, -0.05) is 42.5 Å². The van der Waals surface area contributed by atoms with Crippen LogP contribution >= 0.6 is 0 Å². The van der Waals surface area contributed by atoms with Crippen molar-refractivity contribution in [3.8, 4) is 34.0 Å². The molecule has 1 aliphatic rings. The van der Waals surface area contributed by atoms with Crippen LogP contribution < -0.4 is 10.1 Å². The normalized spacial score (nSPS) is 12.7. The van der Waals surface area contributed by atoms with E-state index in [1.54, 1.807) is 18.0 Å². The first-order valence-electron chi connectivity index (χ1n) is 12.5. The number of benzene rings is 3. The third-order valence-corrected chi connectivity index (χ3v) is 6.69. The molecule has 1 aliphatic heterocycles. The largest absolute Gasteiger partial charge is 0.496 e. The summed E-state index contributed by atoms with van der Waals surface area (Å²) in [6.07, 6.45) is 7.31. The van der Waals surface area contributed by atoms with Gasteiger partial charge in [-0.3, -0.25) is 4.79 Å². The van der Waals surface area contributed by atoms with E-state index in [-0.39, 0.29) is 5.91 Å². The molecule has 7 nitrogen and oxygen atoms in total. The first-order valence-corrected chi connectivity index (χ1v) is 12.5. The van der Waals surface area contributed by atoms with Gasteiger partial charge in [-0.05, 0) is 49.2 Å². The van der Waals surface area contributed by atoms with E-state index < -0.39 is 0 Å². The molecule has 1 N–H and O–H groups in total. The monoisotopic (exact) mass is 489 g/mol. The smallest absolute Gasteiger partial charge is 0.259 e. The molecule has 3 aromatic carbocycles. The van der Waals surface area contributed by atoms with Gasteiger partial charge in [0.15, 0.2) is 0 Å². The number of hydrogen-bond donors (Lipinski definition) is 1. The van der Waals surface area contributed by atoms with Gasteiger partial charge in [0, 0.05) is 42.2 Å². The highest BCUT2D eigenvalue weighted by Crippen LogP contribution is 2.32. The van der Waals surface area contributed by atoms with Gasteiger partial charge in [-0.15, -0.1) is 0 Å². The van der Waals surface area contributed by atoms with Crippen molar-refractivity contribution in [3.05, 3.63) is 103 Å². The molecule has 7 heteroatoms. The van der Waals surface area contributed by atoms with Crippen LogP contribution in [0.1, 0.15) is 29.0 Å². The second-order valence-corrected chi connectivity index (χ2v) is 9.10. The summed E-state index contributed by atoms with van der Waals surface area (Å²) in [4.78, 5) is 18.3. The summed E-state index contributed by atoms with van der Waals surface area (Å²) in [6.45, 7) is 1.03. The van der Waals surface area contributed by atoms with Crippen molar-refractivity contribution in [3.63, 3.8) is 0 Å². The van der Waals surface area contributed by atoms with Gasteiger partial charge < -0.3 is 14.6 Å². The van der Waals surface area contributed by atoms with Crippen LogP contribution in [0, 0.1) is 0 Å². The Balaban J connectivity index is 1.30. The van der Waals surface area contributed by atoms with Gasteiger partial charge >= 0.3 is 0 Å². The molecule has 1 amide bonds. The van der Waals surface area contributed by atoms with E-state index >= 15 is 0 Å². The van der Waals surface area contributed by atoms with Gasteiger partial charge in [0.2, 0.25) is 0 Å². The van der Waals surface area contributed by atoms with E-state index in [4.69, 9.17) is 14.8 Å². The summed E-state index contributed by atoms with van der Waals surface area (Å²) in [6, 6.07) is 25.1. The molecule has 3 heterocycles. The molecule has 0 saturated carbocycles. The summed E-state index contributed by atoms with van der Waals surface area (Å²) in [5.74, 6) is 1.56. The molecule has 184 valence electrons. The van der Waals surface area contributed by atoms with E-state index in [1.807, 2.05) is 78.9 Å². The lowest BCUT2D eigenvalue weighted by Crippen LogP contribution is -2.12. The molecule has 0 unspecified atom stereocenters. The Morgan fingerprint density at radius 2 is 1.70 bits per heavy atom. The maximum absolute atomic E-state index is 13.5. The third kappa shape index (κ3) is 4.51. The van der Waals surface area contributed by atoms with Crippen LogP contribution in [0.4, 0.5) is 5.69 Å². The average molecular weight is 490 g/mol. The minimum atomic E-state index is -0.242. The van der Waals surface area contributed by atoms with E-state index in [9.17, 15) is 4.79 Å². The molecule has 0 atom stereocenters. The highest BCUT2D eigenvalue weighted by atomic mass is 16.5. The Hall–Kier alpha value is -4.65. The number of aryl methyl sites for hydroxylation is 2. The summed E-state index contributed by atoms with van der Waals surface area (Å²) >= 11 is 0. The number of fused-ring (bicyclic) bond motifs is 1. The first kappa shape index (κ1) is 22.8. The lowest BCUT2D eigenvalue weighted by Gasteiger charge is -2.11. The maximum Gasteiger partial charge on any atom is 0.259 e. The molecule has 0 radical (unpaired) electrons. The van der Waals surface area contributed by atoms with Gasteiger partial charge in [0.25, 0.3) is 5.91 Å². The fourth-order valence-corrected chi connectivity index (χ4v) is 4.77. The number of carbonyl (C=O) groups excluding carboxylic acids is 1. The second-order valence-electron chi connectivity index (χ2n) is 9.10. The van der Waals surface area contributed by atoms with Crippen molar-refractivity contribution in [2.75, 3.05) is 12.4 Å². The minimum absolute atomic E-state index is 0.242. The van der Waals surface area contributed by atoms with Crippen LogP contribution in [-0.2, 0) is 13.0 Å². The SMILES string of the molecule is COc1ccccc1-c1nn(-c2ccccc2)cc1C(=O)Nc1ccc(-c2cn3c(n2)CCCC3)cc1. The van der Waals surface area contributed by atoms with Crippen molar-refractivity contribution in [1.82, 2.24) is 19.3 Å². The minimum Gasteiger partial charge on any atom is -0.496 e. The number of ether oxygens (including phenoxy) is 1. The molecule has 2 aromatic heterocycles. The topological polar surface area (TPSA) is 74.0 Å². The number of aromatic nitrogens is 4. The second kappa shape index (κ2) is 9.78. The summed E-state index contributed by atoms with van der Waals surface area (Å²) in [7, 11) is 1.62. The molecular formula is C30H27N5O2. The van der Waals surface area contributed by atoms with Crippen molar-refractivity contribution in [2.45, 2.75) is 25.8 Å². The van der Waals surface area contributed by atoms with Crippen molar-refractivity contribution >= 4 is 11.6 Å². The molecule has 0 saturated heterocycles. The van der Waals surface area contributed by atoms with Gasteiger partial charge in [-0.2, -0.15) is 5.10 Å². The van der Waals surface area contributed by atoms with Gasteiger partial charge in [0.05, 0.1) is 24.1 Å². The lowest BCUT2D eigenvalue weighted by molar-refractivity contribution is 0.102. The van der Waals surface area contributed by atoms with E-state index in [0.29, 0.717) is 22.7 Å². The molecule has 0 aliphatic carbocycles. The standard InChI is InChI=1S/C30H27N5O2/c1-37-27-12-6-5-11-24(27)29-25(19-35(33-29)23-9-3-2-4-10-23)30(36)31-22-16-14-21(15-17-22)26-20-34-18-8-7-13-28(34)32-26/h2-6,9-12,14-17,19-20H,7-8,13,18H2,1H3,(H,31,36). The predicted molar refractivity (Wildman–Crippen MR) is 144 cm³/mol. The zero-order chi connectivity index (χ0) is 25.2. The number of para-hydroxylation sites is 2. The number of anilines is 1. The quantitative estimate of drug-likeness (QED) is 0.317. The van der Waals surface area contributed by atoms with Crippen molar-refractivity contribution in [2.24, 2.45) is 0 Å². The fourth-order valence-electron chi connectivity index (χ4n) is 4.77. The zero-order valence-corrected chi connectivity index (χ0v) is 20.6. The van der Waals surface area contributed by atoms with E-state index in [2.05, 4.69) is 16.1 Å². The van der Waals surface area contributed by atoms with Crippen molar-refractivity contribution < 1.29 is 9.53 Å². The van der Waals surface area contributed by atoms with E-state index in [1.165, 1.54) is 12.8 Å². The van der Waals surface area contributed by atoms with Crippen LogP contribution in [0.2, 0.25) is 0 Å². The molecule has 0 spiro atoms. The van der Waals surface area contributed by atoms with Crippen LogP contribution in [-0.4, -0.2) is 32.3 Å². The first-order chi connectivity index (χ1) is 18.2. The van der Waals surface area contributed by atoms with Crippen LogP contribution in [0.15, 0.2) is 91.3 Å². The molecule has 0 fully saturated rings. The van der Waals surface area contributed by atoms with Gasteiger partial charge in [0.1, 0.15) is 17.3 Å². The molecule has 0 bridgehead atoms. The highest BCUT2D eigenvalue weighted by molar-refractivity contribution is 6.08. The number of amides is 1. The Kier molecular flexibility index (Phi) is 6.02. The van der Waals surface area contributed by atoms with Crippen LogP contribution in [0.25, 0.3) is 28.2 Å². The lowest BCUT2D eigenvalue weighted by atomic mass is 10.1. The number of nitrogens with one attached hydrogen (secondary N) is 1. The molecule has 37 heavy (non-hydrogen) atoms. The highest BCUT2D eigenvalue weighted by Gasteiger charge is 2.21. The summed E-state index contributed by atoms with van der Waals surface area (Å²) < 4.78 is 9.54. The van der Waals surface area contributed by atoms with Gasteiger partial charge in [-0.25, -0.2) is 9.67 Å². The zero-order valence-electron chi connectivity index (χ0n) is 20.6. The Morgan fingerprint density at radius 3 is 2.49 bits per heavy atom. The number of imidazole rings is 1. The summed E-state index contributed by atoms with van der Waals surface area (Å²) in [5, 5.41) is 7.81. The van der Waals surface area contributed by atoms with Crippen LogP contribution in [0.3, 0.4) is 0 Å². The Morgan fingerprint density at radius 1 is 0.919 bits per heavy atom. The maximum atomic E-state index is 13.5.